The van der Waals surface area contributed by atoms with Crippen molar-refractivity contribution < 1.29 is 9.59 Å². The maximum absolute atomic E-state index is 12.5. The molecule has 0 bridgehead atoms. The number of benzene rings is 2. The number of carbonyl (C=O) groups excluding carboxylic acids is 2. The zero-order valence-corrected chi connectivity index (χ0v) is 21.0. The van der Waals surface area contributed by atoms with Gasteiger partial charge in [-0.2, -0.15) is 0 Å². The highest BCUT2D eigenvalue weighted by Crippen LogP contribution is 2.22. The summed E-state index contributed by atoms with van der Waals surface area (Å²) in [6.07, 6.45) is 0. The van der Waals surface area contributed by atoms with Crippen molar-refractivity contribution in [2.75, 3.05) is 36.4 Å². The van der Waals surface area contributed by atoms with Gasteiger partial charge in [-0.1, -0.05) is 46.8 Å². The van der Waals surface area contributed by atoms with Gasteiger partial charge in [-0.3, -0.25) is 14.9 Å². The summed E-state index contributed by atoms with van der Waals surface area (Å²) in [6.45, 7) is 13.2. The van der Waals surface area contributed by atoms with Gasteiger partial charge in [0.25, 0.3) is 5.91 Å². The molecule has 0 spiro atoms. The Morgan fingerprint density at radius 3 is 2.00 bits per heavy atom. The minimum Gasteiger partial charge on any atom is -0.368 e. The molecule has 2 aromatic carbocycles. The van der Waals surface area contributed by atoms with Crippen molar-refractivity contribution in [3.8, 4) is 0 Å². The van der Waals surface area contributed by atoms with Gasteiger partial charge in [-0.05, 0) is 60.1 Å². The molecule has 1 aliphatic rings. The van der Waals surface area contributed by atoms with Crippen molar-refractivity contribution >= 4 is 40.5 Å². The Labute approximate surface area is 202 Å². The lowest BCUT2D eigenvalue weighted by molar-refractivity contribution is -0.139. The van der Waals surface area contributed by atoms with Crippen molar-refractivity contribution in [2.24, 2.45) is 5.41 Å². The number of piperazine rings is 1. The molecule has 176 valence electrons. The highest BCUT2D eigenvalue weighted by molar-refractivity contribution is 7.80. The third-order valence-corrected chi connectivity index (χ3v) is 5.97. The fraction of sp³-hybridized carbons (Fsp3) is 0.423. The largest absolute Gasteiger partial charge is 0.368 e. The second-order valence-corrected chi connectivity index (χ2v) is 10.2. The SMILES string of the molecule is CC(C)c1ccc(C(=O)NC(=S)Nc2ccc(N3CCN(C(=O)C(C)(C)C)CC3)cc2)cc1. The fourth-order valence-corrected chi connectivity index (χ4v) is 3.97. The minimum atomic E-state index is -0.346. The molecule has 0 aliphatic carbocycles. The van der Waals surface area contributed by atoms with Gasteiger partial charge >= 0.3 is 0 Å². The van der Waals surface area contributed by atoms with E-state index >= 15 is 0 Å². The lowest BCUT2D eigenvalue weighted by Crippen LogP contribution is -2.51. The van der Waals surface area contributed by atoms with Crippen LogP contribution in [0.25, 0.3) is 0 Å². The number of anilines is 2. The molecule has 0 radical (unpaired) electrons. The van der Waals surface area contributed by atoms with Gasteiger partial charge in [0.15, 0.2) is 5.11 Å². The summed E-state index contributed by atoms with van der Waals surface area (Å²) in [5.74, 6) is 0.387. The van der Waals surface area contributed by atoms with Gasteiger partial charge in [0.1, 0.15) is 0 Å². The smallest absolute Gasteiger partial charge is 0.257 e. The van der Waals surface area contributed by atoms with Crippen LogP contribution in [0.3, 0.4) is 0 Å². The summed E-state index contributed by atoms with van der Waals surface area (Å²) >= 11 is 5.31. The van der Waals surface area contributed by atoms with Gasteiger partial charge < -0.3 is 15.1 Å². The van der Waals surface area contributed by atoms with Crippen molar-refractivity contribution in [1.29, 1.82) is 0 Å². The molecule has 1 heterocycles. The first kappa shape index (κ1) is 24.7. The van der Waals surface area contributed by atoms with Crippen LogP contribution < -0.4 is 15.5 Å². The number of thiocarbonyl (C=S) groups is 1. The van der Waals surface area contributed by atoms with Crippen LogP contribution in [0.15, 0.2) is 48.5 Å². The molecule has 1 saturated heterocycles. The van der Waals surface area contributed by atoms with Crippen molar-refractivity contribution in [2.45, 2.75) is 40.5 Å². The lowest BCUT2D eigenvalue weighted by Gasteiger charge is -2.38. The van der Waals surface area contributed by atoms with Crippen LogP contribution in [-0.4, -0.2) is 48.0 Å². The highest BCUT2D eigenvalue weighted by atomic mass is 32.1. The molecule has 1 fully saturated rings. The van der Waals surface area contributed by atoms with Gasteiger partial charge in [-0.25, -0.2) is 0 Å². The van der Waals surface area contributed by atoms with Crippen LogP contribution in [0.2, 0.25) is 0 Å². The van der Waals surface area contributed by atoms with Crippen LogP contribution in [0.4, 0.5) is 11.4 Å². The Hall–Kier alpha value is -2.93. The van der Waals surface area contributed by atoms with Crippen molar-refractivity contribution in [3.63, 3.8) is 0 Å². The first-order valence-electron chi connectivity index (χ1n) is 11.4. The zero-order valence-electron chi connectivity index (χ0n) is 20.1. The van der Waals surface area contributed by atoms with Gasteiger partial charge in [0.2, 0.25) is 5.91 Å². The van der Waals surface area contributed by atoms with Gasteiger partial charge in [0.05, 0.1) is 0 Å². The van der Waals surface area contributed by atoms with E-state index in [4.69, 9.17) is 12.2 Å². The van der Waals surface area contributed by atoms with Crippen LogP contribution in [0.5, 0.6) is 0 Å². The molecule has 2 aromatic rings. The fourth-order valence-electron chi connectivity index (χ4n) is 3.75. The molecular weight excluding hydrogens is 432 g/mol. The van der Waals surface area contributed by atoms with Crippen molar-refractivity contribution in [3.05, 3.63) is 59.7 Å². The number of rotatable bonds is 4. The summed E-state index contributed by atoms with van der Waals surface area (Å²) in [5, 5.41) is 6.06. The standard InChI is InChI=1S/C26H34N4O2S/c1-18(2)19-6-8-20(9-7-19)23(31)28-25(33)27-21-10-12-22(13-11-21)29-14-16-30(17-15-29)24(32)26(3,4)5/h6-13,18H,14-17H2,1-5H3,(H2,27,28,31,33). The predicted octanol–water partition coefficient (Wildman–Crippen LogP) is 4.63. The lowest BCUT2D eigenvalue weighted by atomic mass is 9.94. The third kappa shape index (κ3) is 6.54. The molecule has 0 aromatic heterocycles. The Morgan fingerprint density at radius 1 is 0.909 bits per heavy atom. The molecule has 7 heteroatoms. The van der Waals surface area contributed by atoms with Crippen LogP contribution >= 0.6 is 12.2 Å². The molecule has 0 saturated carbocycles. The minimum absolute atomic E-state index is 0.202. The van der Waals surface area contributed by atoms with E-state index in [1.165, 1.54) is 5.56 Å². The highest BCUT2D eigenvalue weighted by Gasteiger charge is 2.29. The van der Waals surface area contributed by atoms with Gasteiger partial charge in [0, 0.05) is 48.5 Å². The number of nitrogens with one attached hydrogen (secondary N) is 2. The van der Waals surface area contributed by atoms with E-state index in [0.29, 0.717) is 11.5 Å². The Morgan fingerprint density at radius 2 is 1.48 bits per heavy atom. The summed E-state index contributed by atoms with van der Waals surface area (Å²) in [7, 11) is 0. The van der Waals surface area contributed by atoms with E-state index in [2.05, 4.69) is 29.4 Å². The van der Waals surface area contributed by atoms with Crippen molar-refractivity contribution in [1.82, 2.24) is 10.2 Å². The van der Waals surface area contributed by atoms with E-state index in [-0.39, 0.29) is 22.3 Å². The average molecular weight is 467 g/mol. The van der Waals surface area contributed by atoms with E-state index in [9.17, 15) is 9.59 Å². The summed E-state index contributed by atoms with van der Waals surface area (Å²) in [5.41, 5.74) is 3.32. The number of nitrogens with zero attached hydrogens (tertiary/aromatic N) is 2. The molecule has 33 heavy (non-hydrogen) atoms. The van der Waals surface area contributed by atoms with E-state index in [1.54, 1.807) is 0 Å². The molecule has 0 atom stereocenters. The van der Waals surface area contributed by atoms with Crippen LogP contribution in [0.1, 0.15) is 56.5 Å². The van der Waals surface area contributed by atoms with E-state index < -0.39 is 0 Å². The van der Waals surface area contributed by atoms with Crippen LogP contribution in [-0.2, 0) is 4.79 Å². The third-order valence-electron chi connectivity index (χ3n) is 5.77. The maximum Gasteiger partial charge on any atom is 0.257 e. The number of carbonyl (C=O) groups is 2. The molecule has 3 rings (SSSR count). The van der Waals surface area contributed by atoms with E-state index in [0.717, 1.165) is 37.6 Å². The summed E-state index contributed by atoms with van der Waals surface area (Å²) in [6, 6.07) is 15.5. The quantitative estimate of drug-likeness (QED) is 0.643. The Bertz CT molecular complexity index is 986. The first-order chi connectivity index (χ1) is 15.5. The number of hydrogen-bond donors (Lipinski definition) is 2. The number of hydrogen-bond acceptors (Lipinski definition) is 4. The van der Waals surface area contributed by atoms with Crippen LogP contribution in [0, 0.1) is 5.41 Å². The zero-order chi connectivity index (χ0) is 24.2. The monoisotopic (exact) mass is 466 g/mol. The second kappa shape index (κ2) is 10.3. The first-order valence-corrected chi connectivity index (χ1v) is 11.8. The molecule has 0 unspecified atom stereocenters. The van der Waals surface area contributed by atoms with Gasteiger partial charge in [-0.15, -0.1) is 0 Å². The maximum atomic E-state index is 12.5. The number of amides is 2. The topological polar surface area (TPSA) is 64.7 Å². The second-order valence-electron chi connectivity index (χ2n) is 9.76. The molecular formula is C26H34N4O2S. The molecule has 6 nitrogen and oxygen atoms in total. The average Bonchev–Trinajstić information content (AvgIpc) is 2.78. The normalized spacial score (nSPS) is 14.2. The Kier molecular flexibility index (Phi) is 7.74. The predicted molar refractivity (Wildman–Crippen MR) is 139 cm³/mol. The molecule has 1 aliphatic heterocycles. The summed E-state index contributed by atoms with van der Waals surface area (Å²) in [4.78, 5) is 29.1. The van der Waals surface area contributed by atoms with E-state index in [1.807, 2.05) is 74.2 Å². The summed E-state index contributed by atoms with van der Waals surface area (Å²) < 4.78 is 0. The Balaban J connectivity index is 1.51. The molecule has 2 amide bonds. The molecule has 2 N–H and O–H groups in total.